The molecule has 0 amide bonds. The van der Waals surface area contributed by atoms with Crippen LogP contribution in [0.5, 0.6) is 0 Å². The first kappa shape index (κ1) is 15.8. The highest BCUT2D eigenvalue weighted by molar-refractivity contribution is 7.15. The predicted octanol–water partition coefficient (Wildman–Crippen LogP) is 3.27. The van der Waals surface area contributed by atoms with E-state index in [9.17, 15) is 0 Å². The Morgan fingerprint density at radius 3 is 2.71 bits per heavy atom. The molecule has 0 bridgehead atoms. The van der Waals surface area contributed by atoms with Gasteiger partial charge in [-0.25, -0.2) is 4.98 Å². The molecule has 1 saturated heterocycles. The lowest BCUT2D eigenvalue weighted by atomic mass is 9.92. The van der Waals surface area contributed by atoms with Gasteiger partial charge in [0.1, 0.15) is 0 Å². The molecule has 2 aromatic heterocycles. The molecule has 5 nitrogen and oxygen atoms in total. The van der Waals surface area contributed by atoms with Gasteiger partial charge in [0.25, 0.3) is 0 Å². The number of hydrogen-bond donors (Lipinski definition) is 1. The molecule has 4 rings (SSSR count). The van der Waals surface area contributed by atoms with Crippen LogP contribution < -0.4 is 10.2 Å². The van der Waals surface area contributed by atoms with E-state index in [1.165, 1.54) is 23.4 Å². The first-order valence-corrected chi connectivity index (χ1v) is 9.62. The molecule has 1 N–H and O–H groups in total. The van der Waals surface area contributed by atoms with Gasteiger partial charge >= 0.3 is 0 Å². The number of aromatic nitrogens is 3. The summed E-state index contributed by atoms with van der Waals surface area (Å²) in [5.74, 6) is 1.65. The Morgan fingerprint density at radius 1 is 1.21 bits per heavy atom. The van der Waals surface area contributed by atoms with E-state index in [4.69, 9.17) is 4.98 Å². The monoisotopic (exact) mass is 343 g/mol. The van der Waals surface area contributed by atoms with Gasteiger partial charge in [-0.05, 0) is 31.4 Å². The van der Waals surface area contributed by atoms with Crippen molar-refractivity contribution in [1.29, 1.82) is 0 Å². The van der Waals surface area contributed by atoms with Crippen LogP contribution in [0, 0.1) is 5.92 Å². The zero-order chi connectivity index (χ0) is 16.7. The van der Waals surface area contributed by atoms with E-state index in [0.29, 0.717) is 5.92 Å². The number of thiazole rings is 1. The minimum atomic E-state index is 0.0565. The van der Waals surface area contributed by atoms with Crippen LogP contribution in [0.3, 0.4) is 0 Å². The van der Waals surface area contributed by atoms with Crippen molar-refractivity contribution in [3.63, 3.8) is 0 Å². The van der Waals surface area contributed by atoms with Crippen LogP contribution in [0.1, 0.15) is 43.5 Å². The quantitative estimate of drug-likeness (QED) is 0.923. The third kappa shape index (κ3) is 3.11. The fourth-order valence-corrected chi connectivity index (χ4v) is 4.33. The van der Waals surface area contributed by atoms with E-state index in [0.717, 1.165) is 42.7 Å². The lowest BCUT2D eigenvalue weighted by Crippen LogP contribution is -2.50. The molecule has 2 aromatic rings. The Hall–Kier alpha value is -1.69. The molecule has 0 radical (unpaired) electrons. The lowest BCUT2D eigenvalue weighted by Gasteiger charge is -2.40. The standard InChI is InChI=1S/C18H25N5S/c1-18(2,3)15-7-8-16(22-21-15)23-10-12(11-23)9-19-17-20-13-5-4-6-14(13)24-17/h7-8,12H,4-6,9-11H2,1-3H3,(H,19,20). The maximum Gasteiger partial charge on any atom is 0.183 e. The minimum absolute atomic E-state index is 0.0565. The summed E-state index contributed by atoms with van der Waals surface area (Å²) < 4.78 is 0. The van der Waals surface area contributed by atoms with Crippen LogP contribution in [0.25, 0.3) is 0 Å². The van der Waals surface area contributed by atoms with Crippen molar-refractivity contribution in [2.75, 3.05) is 29.9 Å². The normalized spacial score (nSPS) is 17.7. The average Bonchev–Trinajstić information content (AvgIpc) is 3.06. The van der Waals surface area contributed by atoms with Gasteiger partial charge in [-0.1, -0.05) is 20.8 Å². The van der Waals surface area contributed by atoms with Crippen molar-refractivity contribution in [2.24, 2.45) is 5.92 Å². The van der Waals surface area contributed by atoms with E-state index in [1.807, 2.05) is 11.3 Å². The lowest BCUT2D eigenvalue weighted by molar-refractivity contribution is 0.424. The van der Waals surface area contributed by atoms with E-state index >= 15 is 0 Å². The largest absolute Gasteiger partial charge is 0.361 e. The molecule has 24 heavy (non-hydrogen) atoms. The molecule has 1 aliphatic heterocycles. The van der Waals surface area contributed by atoms with Crippen LogP contribution in [-0.2, 0) is 18.3 Å². The fourth-order valence-electron chi connectivity index (χ4n) is 3.28. The van der Waals surface area contributed by atoms with Gasteiger partial charge in [-0.2, -0.15) is 5.10 Å². The number of hydrogen-bond acceptors (Lipinski definition) is 6. The Morgan fingerprint density at radius 2 is 2.04 bits per heavy atom. The molecule has 3 heterocycles. The van der Waals surface area contributed by atoms with E-state index in [2.05, 4.69) is 53.3 Å². The number of fused-ring (bicyclic) bond motifs is 1. The van der Waals surface area contributed by atoms with Crippen molar-refractivity contribution >= 4 is 22.3 Å². The summed E-state index contributed by atoms with van der Waals surface area (Å²) in [4.78, 5) is 8.49. The summed E-state index contributed by atoms with van der Waals surface area (Å²) in [5, 5.41) is 13.4. The summed E-state index contributed by atoms with van der Waals surface area (Å²) >= 11 is 1.84. The van der Waals surface area contributed by atoms with Gasteiger partial charge in [0, 0.05) is 35.8 Å². The summed E-state index contributed by atoms with van der Waals surface area (Å²) in [6, 6.07) is 4.20. The molecule has 0 saturated carbocycles. The zero-order valence-electron chi connectivity index (χ0n) is 14.7. The van der Waals surface area contributed by atoms with Crippen LogP contribution >= 0.6 is 11.3 Å². The molecule has 6 heteroatoms. The highest BCUT2D eigenvalue weighted by atomic mass is 32.1. The van der Waals surface area contributed by atoms with Gasteiger partial charge < -0.3 is 10.2 Å². The molecule has 0 atom stereocenters. The highest BCUT2D eigenvalue weighted by Gasteiger charge is 2.28. The molecule has 0 spiro atoms. The molecular formula is C18H25N5S. The second-order valence-electron chi connectivity index (χ2n) is 7.92. The fraction of sp³-hybridized carbons (Fsp3) is 0.611. The Balaban J connectivity index is 1.27. The smallest absolute Gasteiger partial charge is 0.183 e. The Labute approximate surface area is 147 Å². The average molecular weight is 344 g/mol. The molecule has 2 aliphatic rings. The van der Waals surface area contributed by atoms with E-state index < -0.39 is 0 Å². The van der Waals surface area contributed by atoms with Gasteiger partial charge in [-0.15, -0.1) is 16.4 Å². The summed E-state index contributed by atoms with van der Waals surface area (Å²) in [7, 11) is 0. The maximum atomic E-state index is 4.70. The third-order valence-electron chi connectivity index (χ3n) is 4.84. The summed E-state index contributed by atoms with van der Waals surface area (Å²) in [6.07, 6.45) is 3.66. The summed E-state index contributed by atoms with van der Waals surface area (Å²) in [6.45, 7) is 9.57. The molecule has 1 aliphatic carbocycles. The number of nitrogens with zero attached hydrogens (tertiary/aromatic N) is 4. The van der Waals surface area contributed by atoms with Gasteiger partial charge in [0.05, 0.1) is 11.4 Å². The molecular weight excluding hydrogens is 318 g/mol. The number of rotatable bonds is 4. The summed E-state index contributed by atoms with van der Waals surface area (Å²) in [5.41, 5.74) is 2.43. The zero-order valence-corrected chi connectivity index (χ0v) is 15.5. The van der Waals surface area contributed by atoms with Crippen LogP contribution in [0.15, 0.2) is 12.1 Å². The first-order valence-electron chi connectivity index (χ1n) is 8.80. The van der Waals surface area contributed by atoms with E-state index in [1.54, 1.807) is 0 Å². The van der Waals surface area contributed by atoms with Crippen molar-refractivity contribution in [2.45, 2.75) is 45.4 Å². The first-order chi connectivity index (χ1) is 11.5. The van der Waals surface area contributed by atoms with Crippen molar-refractivity contribution in [3.8, 4) is 0 Å². The van der Waals surface area contributed by atoms with Gasteiger partial charge in [0.15, 0.2) is 10.9 Å². The minimum Gasteiger partial charge on any atom is -0.361 e. The number of nitrogens with one attached hydrogen (secondary N) is 1. The molecule has 0 unspecified atom stereocenters. The number of anilines is 2. The maximum absolute atomic E-state index is 4.70. The third-order valence-corrected chi connectivity index (χ3v) is 5.95. The van der Waals surface area contributed by atoms with Crippen molar-refractivity contribution in [3.05, 3.63) is 28.4 Å². The predicted molar refractivity (Wildman–Crippen MR) is 99.1 cm³/mol. The van der Waals surface area contributed by atoms with Crippen molar-refractivity contribution < 1.29 is 0 Å². The number of aryl methyl sites for hydroxylation is 2. The molecule has 0 aromatic carbocycles. The molecule has 1 fully saturated rings. The van der Waals surface area contributed by atoms with Crippen LogP contribution in [-0.4, -0.2) is 34.8 Å². The van der Waals surface area contributed by atoms with Crippen LogP contribution in [0.2, 0.25) is 0 Å². The van der Waals surface area contributed by atoms with Crippen molar-refractivity contribution in [1.82, 2.24) is 15.2 Å². The van der Waals surface area contributed by atoms with Crippen LogP contribution in [0.4, 0.5) is 10.9 Å². The second kappa shape index (κ2) is 5.99. The van der Waals surface area contributed by atoms with Gasteiger partial charge in [-0.3, -0.25) is 0 Å². The molecule has 128 valence electrons. The SMILES string of the molecule is CC(C)(C)c1ccc(N2CC(CNc3nc4c(s3)CCC4)C2)nn1. The second-order valence-corrected chi connectivity index (χ2v) is 9.00. The Bertz CT molecular complexity index is 689. The van der Waals surface area contributed by atoms with Gasteiger partial charge in [0.2, 0.25) is 0 Å². The Kier molecular flexibility index (Phi) is 3.95. The van der Waals surface area contributed by atoms with E-state index in [-0.39, 0.29) is 5.41 Å². The topological polar surface area (TPSA) is 53.9 Å². The highest BCUT2D eigenvalue weighted by Crippen LogP contribution is 2.31.